The van der Waals surface area contributed by atoms with Crippen LogP contribution in [0.15, 0.2) is 74.5 Å². The number of sulfonamides is 1. The Balaban J connectivity index is 1.59. The Morgan fingerprint density at radius 3 is 2.32 bits per heavy atom. The van der Waals surface area contributed by atoms with Crippen molar-refractivity contribution in [2.75, 3.05) is 17.7 Å². The van der Waals surface area contributed by atoms with Crippen LogP contribution in [-0.2, 0) is 10.0 Å². The third-order valence-electron chi connectivity index (χ3n) is 4.83. The highest BCUT2D eigenvalue weighted by Gasteiger charge is 2.20. The summed E-state index contributed by atoms with van der Waals surface area (Å²) in [6.07, 6.45) is 0. The molecule has 0 atom stereocenters. The number of nitrogens with one attached hydrogen (secondary N) is 4. The SMILES string of the molecule is CNc1ccc2c(=O)c(-c3ccc(NC(=O)NS(=O)(=O)c4ccc(Cl)s4)cc3)cc(=O)[nH]c2c1. The van der Waals surface area contributed by atoms with Gasteiger partial charge in [-0.1, -0.05) is 23.7 Å². The summed E-state index contributed by atoms with van der Waals surface area (Å²) < 4.78 is 26.6. The van der Waals surface area contributed by atoms with Crippen molar-refractivity contribution in [3.8, 4) is 11.1 Å². The van der Waals surface area contributed by atoms with E-state index >= 15 is 0 Å². The van der Waals surface area contributed by atoms with Crippen molar-refractivity contribution in [2.45, 2.75) is 4.21 Å². The number of hydrogen-bond donors (Lipinski definition) is 4. The first-order valence-electron chi connectivity index (χ1n) is 9.75. The van der Waals surface area contributed by atoms with E-state index in [0.29, 0.717) is 16.5 Å². The van der Waals surface area contributed by atoms with Gasteiger partial charge in [0.05, 0.1) is 9.85 Å². The number of rotatable bonds is 5. The number of H-pyrrole nitrogens is 1. The van der Waals surface area contributed by atoms with E-state index in [-0.39, 0.29) is 25.2 Å². The molecule has 2 aromatic heterocycles. The first kappa shape index (κ1) is 23.5. The molecule has 0 bridgehead atoms. The third-order valence-corrected chi connectivity index (χ3v) is 7.88. The van der Waals surface area contributed by atoms with Gasteiger partial charge in [-0.25, -0.2) is 17.9 Å². The van der Waals surface area contributed by atoms with Crippen molar-refractivity contribution in [3.05, 3.63) is 85.6 Å². The molecule has 0 saturated carbocycles. The van der Waals surface area contributed by atoms with Crippen LogP contribution < -0.4 is 26.3 Å². The Morgan fingerprint density at radius 1 is 0.971 bits per heavy atom. The summed E-state index contributed by atoms with van der Waals surface area (Å²) in [6.45, 7) is 0. The molecule has 0 aliphatic heterocycles. The second kappa shape index (κ2) is 9.29. The molecule has 2 heterocycles. The predicted molar refractivity (Wildman–Crippen MR) is 134 cm³/mol. The summed E-state index contributed by atoms with van der Waals surface area (Å²) in [7, 11) is -2.33. The third kappa shape index (κ3) is 4.96. The first-order valence-corrected chi connectivity index (χ1v) is 12.4. The van der Waals surface area contributed by atoms with Crippen LogP contribution in [-0.4, -0.2) is 26.5 Å². The lowest BCUT2D eigenvalue weighted by atomic mass is 10.0. The number of carbonyl (C=O) groups is 1. The Bertz CT molecular complexity index is 1630. The smallest absolute Gasteiger partial charge is 0.333 e. The molecule has 0 aliphatic carbocycles. The van der Waals surface area contributed by atoms with Gasteiger partial charge in [0.1, 0.15) is 4.21 Å². The van der Waals surface area contributed by atoms with Crippen LogP contribution in [0.2, 0.25) is 4.34 Å². The molecular weight excluding hydrogens is 500 g/mol. The Labute approximate surface area is 202 Å². The molecule has 4 N–H and O–H groups in total. The zero-order valence-electron chi connectivity index (χ0n) is 17.5. The van der Waals surface area contributed by atoms with Crippen molar-refractivity contribution in [3.63, 3.8) is 0 Å². The molecule has 2 aromatic carbocycles. The van der Waals surface area contributed by atoms with E-state index in [1.807, 2.05) is 4.72 Å². The number of halogens is 1. The van der Waals surface area contributed by atoms with Gasteiger partial charge in [0.25, 0.3) is 10.0 Å². The molecule has 0 radical (unpaired) electrons. The number of hydrogen-bond acceptors (Lipinski definition) is 7. The van der Waals surface area contributed by atoms with E-state index in [0.717, 1.165) is 17.0 Å². The van der Waals surface area contributed by atoms with Gasteiger partial charge in [0, 0.05) is 35.4 Å². The quantitative estimate of drug-likeness (QED) is 0.318. The average molecular weight is 517 g/mol. The molecule has 34 heavy (non-hydrogen) atoms. The molecule has 0 spiro atoms. The van der Waals surface area contributed by atoms with Crippen molar-refractivity contribution < 1.29 is 13.2 Å². The summed E-state index contributed by atoms with van der Waals surface area (Å²) in [5.74, 6) is 0. The highest BCUT2D eigenvalue weighted by molar-refractivity contribution is 7.92. The second-order valence-electron chi connectivity index (χ2n) is 7.08. The lowest BCUT2D eigenvalue weighted by Gasteiger charge is -2.08. The predicted octanol–water partition coefficient (Wildman–Crippen LogP) is 3.82. The first-order chi connectivity index (χ1) is 16.2. The Kier molecular flexibility index (Phi) is 6.42. The van der Waals surface area contributed by atoms with Crippen molar-refractivity contribution in [2.24, 2.45) is 0 Å². The van der Waals surface area contributed by atoms with Crippen molar-refractivity contribution >= 4 is 61.3 Å². The number of urea groups is 1. The zero-order valence-corrected chi connectivity index (χ0v) is 19.9. The van der Waals surface area contributed by atoms with Crippen molar-refractivity contribution in [1.29, 1.82) is 0 Å². The van der Waals surface area contributed by atoms with Gasteiger partial charge in [0.15, 0.2) is 5.43 Å². The number of thiophene rings is 1. The fraction of sp³-hybridized carbons (Fsp3) is 0.0455. The molecule has 4 aromatic rings. The molecular formula is C22H17ClN4O5S2. The Morgan fingerprint density at radius 2 is 1.68 bits per heavy atom. The largest absolute Gasteiger partial charge is 0.388 e. The summed E-state index contributed by atoms with van der Waals surface area (Å²) >= 11 is 6.57. The monoisotopic (exact) mass is 516 g/mol. The number of amides is 2. The van der Waals surface area contributed by atoms with Crippen LogP contribution in [0.5, 0.6) is 0 Å². The number of fused-ring (bicyclic) bond motifs is 1. The van der Waals surface area contributed by atoms with Gasteiger partial charge in [0.2, 0.25) is 5.56 Å². The van der Waals surface area contributed by atoms with Gasteiger partial charge in [-0.05, 0) is 48.0 Å². The van der Waals surface area contributed by atoms with Gasteiger partial charge >= 0.3 is 6.03 Å². The van der Waals surface area contributed by atoms with Gasteiger partial charge < -0.3 is 15.6 Å². The molecule has 4 rings (SSSR count). The average Bonchev–Trinajstić information content (AvgIpc) is 3.19. The topological polar surface area (TPSA) is 137 Å². The number of aromatic amines is 1. The normalized spacial score (nSPS) is 11.2. The van der Waals surface area contributed by atoms with E-state index in [1.165, 1.54) is 30.3 Å². The summed E-state index contributed by atoms with van der Waals surface area (Å²) in [6, 6.07) is 14.1. The molecule has 0 aliphatic rings. The summed E-state index contributed by atoms with van der Waals surface area (Å²) in [5, 5.41) is 5.72. The zero-order chi connectivity index (χ0) is 24.5. The molecule has 0 unspecified atom stereocenters. The van der Waals surface area contributed by atoms with Crippen LogP contribution in [0.1, 0.15) is 0 Å². The van der Waals surface area contributed by atoms with Crippen molar-refractivity contribution in [1.82, 2.24) is 9.71 Å². The maximum atomic E-state index is 13.1. The maximum Gasteiger partial charge on any atom is 0.333 e. The molecule has 174 valence electrons. The number of carbonyl (C=O) groups excluding carboxylic acids is 1. The fourth-order valence-corrected chi connectivity index (χ4v) is 5.62. The standard InChI is InChI=1S/C22H17ClN4O5S2/c1-24-14-6-7-15-17(10-14)26-19(28)11-16(21(15)29)12-2-4-13(5-3-12)25-22(30)27-34(31,32)20-9-8-18(23)33-20/h2-11,24H,1H3,(H,26,28)(H2,25,27,30). The lowest BCUT2D eigenvalue weighted by molar-refractivity contribution is 0.256. The van der Waals surface area contributed by atoms with E-state index in [1.54, 1.807) is 37.4 Å². The van der Waals surface area contributed by atoms with Crippen LogP contribution in [0.4, 0.5) is 16.2 Å². The van der Waals surface area contributed by atoms with Crippen LogP contribution in [0.3, 0.4) is 0 Å². The fourth-order valence-electron chi connectivity index (χ4n) is 3.23. The maximum absolute atomic E-state index is 13.1. The number of benzene rings is 2. The number of anilines is 2. The summed E-state index contributed by atoms with van der Waals surface area (Å²) in [5.41, 5.74) is 1.28. The van der Waals surface area contributed by atoms with Crippen LogP contribution in [0, 0.1) is 0 Å². The van der Waals surface area contributed by atoms with Gasteiger partial charge in [-0.3, -0.25) is 9.59 Å². The highest BCUT2D eigenvalue weighted by Crippen LogP contribution is 2.25. The molecule has 12 heteroatoms. The summed E-state index contributed by atoms with van der Waals surface area (Å²) in [4.78, 5) is 40.3. The van der Waals surface area contributed by atoms with Gasteiger partial charge in [-0.2, -0.15) is 0 Å². The second-order valence-corrected chi connectivity index (χ2v) is 10.7. The Hall–Kier alpha value is -3.67. The molecule has 0 fully saturated rings. The minimum absolute atomic E-state index is 0.0952. The van der Waals surface area contributed by atoms with Crippen LogP contribution >= 0.6 is 22.9 Å². The molecule has 2 amide bonds. The van der Waals surface area contributed by atoms with E-state index in [2.05, 4.69) is 15.6 Å². The van der Waals surface area contributed by atoms with Gasteiger partial charge in [-0.15, -0.1) is 11.3 Å². The number of aromatic nitrogens is 1. The lowest BCUT2D eigenvalue weighted by Crippen LogP contribution is -2.33. The molecule has 0 saturated heterocycles. The highest BCUT2D eigenvalue weighted by atomic mass is 35.5. The van der Waals surface area contributed by atoms with E-state index in [9.17, 15) is 22.8 Å². The van der Waals surface area contributed by atoms with E-state index in [4.69, 9.17) is 11.6 Å². The minimum atomic E-state index is -4.07. The minimum Gasteiger partial charge on any atom is -0.388 e. The van der Waals surface area contributed by atoms with Crippen LogP contribution in [0.25, 0.3) is 22.0 Å². The van der Waals surface area contributed by atoms with E-state index < -0.39 is 21.6 Å². The molecule has 9 nitrogen and oxygen atoms in total.